The first-order chi connectivity index (χ1) is 7.20. The van der Waals surface area contributed by atoms with E-state index in [2.05, 4.69) is 10.1 Å². The number of rotatable bonds is 3. The number of hydrogen-bond acceptors (Lipinski definition) is 4. The number of thiophene rings is 1. The fraction of sp³-hybridized carbons (Fsp3) is 0.333. The van der Waals surface area contributed by atoms with Gasteiger partial charge < -0.3 is 5.73 Å². The lowest BCUT2D eigenvalue weighted by atomic mass is 10.4. The van der Waals surface area contributed by atoms with Crippen molar-refractivity contribution in [2.45, 2.75) is 6.42 Å². The Bertz CT molecular complexity index is 462. The topological polar surface area (TPSA) is 56.7 Å². The molecular formula is C9H11ClN4S. The number of aryl methyl sites for hydroxylation is 1. The predicted molar refractivity (Wildman–Crippen MR) is 62.1 cm³/mol. The smallest absolute Gasteiger partial charge is 0.168 e. The summed E-state index contributed by atoms with van der Waals surface area (Å²) >= 11 is 7.37. The van der Waals surface area contributed by atoms with Crippen LogP contribution >= 0.6 is 22.9 Å². The third-order valence-electron chi connectivity index (χ3n) is 1.97. The molecule has 0 unspecified atom stereocenters. The zero-order valence-electron chi connectivity index (χ0n) is 8.27. The van der Waals surface area contributed by atoms with Gasteiger partial charge in [-0.15, -0.1) is 11.3 Å². The van der Waals surface area contributed by atoms with Crippen LogP contribution < -0.4 is 5.73 Å². The zero-order valence-corrected chi connectivity index (χ0v) is 9.85. The maximum absolute atomic E-state index is 5.87. The summed E-state index contributed by atoms with van der Waals surface area (Å²) < 4.78 is 2.51. The van der Waals surface area contributed by atoms with Gasteiger partial charge in [-0.05, 0) is 18.7 Å². The lowest BCUT2D eigenvalue weighted by Crippen LogP contribution is -2.04. The molecule has 4 nitrogen and oxygen atoms in total. The van der Waals surface area contributed by atoms with Gasteiger partial charge in [0, 0.05) is 13.5 Å². The SMILES string of the molecule is Cn1nc(CCN)nc1-c1ccc(Cl)s1. The summed E-state index contributed by atoms with van der Waals surface area (Å²) in [6, 6.07) is 3.81. The number of nitrogens with two attached hydrogens (primary N) is 1. The van der Waals surface area contributed by atoms with Gasteiger partial charge in [0.2, 0.25) is 0 Å². The monoisotopic (exact) mass is 242 g/mol. The van der Waals surface area contributed by atoms with Crippen molar-refractivity contribution in [3.05, 3.63) is 22.3 Å². The Morgan fingerprint density at radius 1 is 1.53 bits per heavy atom. The maximum Gasteiger partial charge on any atom is 0.168 e. The van der Waals surface area contributed by atoms with Crippen molar-refractivity contribution >= 4 is 22.9 Å². The Morgan fingerprint density at radius 2 is 2.33 bits per heavy atom. The van der Waals surface area contributed by atoms with Crippen molar-refractivity contribution < 1.29 is 0 Å². The second-order valence-corrected chi connectivity index (χ2v) is 4.83. The quantitative estimate of drug-likeness (QED) is 0.891. The van der Waals surface area contributed by atoms with Crippen LogP contribution in [-0.2, 0) is 13.5 Å². The molecule has 0 aliphatic heterocycles. The van der Waals surface area contributed by atoms with E-state index in [0.717, 1.165) is 20.9 Å². The molecule has 0 saturated carbocycles. The Hall–Kier alpha value is -0.910. The molecule has 15 heavy (non-hydrogen) atoms. The van der Waals surface area contributed by atoms with Crippen molar-refractivity contribution in [3.8, 4) is 10.7 Å². The average Bonchev–Trinajstić information content (AvgIpc) is 2.73. The van der Waals surface area contributed by atoms with Crippen LogP contribution in [0.1, 0.15) is 5.82 Å². The second kappa shape index (κ2) is 4.30. The molecule has 0 bridgehead atoms. The summed E-state index contributed by atoms with van der Waals surface area (Å²) in [6.07, 6.45) is 0.701. The van der Waals surface area contributed by atoms with Crippen LogP contribution in [-0.4, -0.2) is 21.3 Å². The highest BCUT2D eigenvalue weighted by molar-refractivity contribution is 7.19. The molecule has 0 amide bonds. The molecule has 2 N–H and O–H groups in total. The van der Waals surface area contributed by atoms with Gasteiger partial charge in [-0.2, -0.15) is 5.10 Å². The van der Waals surface area contributed by atoms with E-state index in [0.29, 0.717) is 13.0 Å². The molecule has 2 aromatic rings. The largest absolute Gasteiger partial charge is 0.330 e. The Labute approximate surface area is 96.7 Å². The minimum atomic E-state index is 0.564. The van der Waals surface area contributed by atoms with Crippen molar-refractivity contribution in [3.63, 3.8) is 0 Å². The van der Waals surface area contributed by atoms with E-state index in [1.807, 2.05) is 19.2 Å². The van der Waals surface area contributed by atoms with Crippen LogP contribution in [0.4, 0.5) is 0 Å². The summed E-state index contributed by atoms with van der Waals surface area (Å²) in [5.41, 5.74) is 5.45. The second-order valence-electron chi connectivity index (χ2n) is 3.12. The molecule has 2 rings (SSSR count). The molecule has 6 heteroatoms. The third-order valence-corrected chi connectivity index (χ3v) is 3.20. The Kier molecular flexibility index (Phi) is 3.04. The van der Waals surface area contributed by atoms with Crippen LogP contribution in [0.25, 0.3) is 10.7 Å². The lowest BCUT2D eigenvalue weighted by Gasteiger charge is -1.93. The first-order valence-corrected chi connectivity index (χ1v) is 5.76. The van der Waals surface area contributed by atoms with E-state index in [1.165, 1.54) is 11.3 Å². The van der Waals surface area contributed by atoms with Crippen LogP contribution in [0.3, 0.4) is 0 Å². The van der Waals surface area contributed by atoms with Gasteiger partial charge in [-0.25, -0.2) is 9.67 Å². The van der Waals surface area contributed by atoms with Crippen LogP contribution in [0.15, 0.2) is 12.1 Å². The normalized spacial score (nSPS) is 10.9. The first kappa shape index (κ1) is 10.6. The van der Waals surface area contributed by atoms with Gasteiger partial charge in [0.05, 0.1) is 9.21 Å². The van der Waals surface area contributed by atoms with Crippen molar-refractivity contribution in [1.82, 2.24) is 14.8 Å². The molecule has 0 aromatic carbocycles. The van der Waals surface area contributed by atoms with Crippen LogP contribution in [0, 0.1) is 0 Å². The summed E-state index contributed by atoms with van der Waals surface area (Å²) in [6.45, 7) is 0.564. The molecule has 2 aromatic heterocycles. The standard InChI is InChI=1S/C9H11ClN4S/c1-14-9(6-2-3-7(10)15-6)12-8(13-14)4-5-11/h2-3H,4-5,11H2,1H3. The fourth-order valence-corrected chi connectivity index (χ4v) is 2.39. The maximum atomic E-state index is 5.87. The van der Waals surface area contributed by atoms with Crippen LogP contribution in [0.5, 0.6) is 0 Å². The van der Waals surface area contributed by atoms with E-state index in [9.17, 15) is 0 Å². The molecule has 0 radical (unpaired) electrons. The molecule has 0 aliphatic carbocycles. The highest BCUT2D eigenvalue weighted by Crippen LogP contribution is 2.29. The molecule has 0 atom stereocenters. The summed E-state index contributed by atoms with van der Waals surface area (Å²) in [5.74, 6) is 1.62. The van der Waals surface area contributed by atoms with E-state index < -0.39 is 0 Å². The number of halogens is 1. The van der Waals surface area contributed by atoms with Crippen LogP contribution in [0.2, 0.25) is 4.34 Å². The highest BCUT2D eigenvalue weighted by atomic mass is 35.5. The Balaban J connectivity index is 2.35. The molecule has 0 saturated heterocycles. The minimum Gasteiger partial charge on any atom is -0.330 e. The van der Waals surface area contributed by atoms with Gasteiger partial charge in [-0.1, -0.05) is 11.6 Å². The summed E-state index contributed by atoms with van der Waals surface area (Å²) in [4.78, 5) is 5.43. The fourth-order valence-electron chi connectivity index (χ4n) is 1.32. The number of aromatic nitrogens is 3. The van der Waals surface area contributed by atoms with E-state index in [-0.39, 0.29) is 0 Å². The lowest BCUT2D eigenvalue weighted by molar-refractivity contribution is 0.745. The van der Waals surface area contributed by atoms with Gasteiger partial charge in [0.15, 0.2) is 11.6 Å². The van der Waals surface area contributed by atoms with E-state index in [4.69, 9.17) is 17.3 Å². The molecular weight excluding hydrogens is 232 g/mol. The average molecular weight is 243 g/mol. The first-order valence-electron chi connectivity index (χ1n) is 4.56. The van der Waals surface area contributed by atoms with E-state index in [1.54, 1.807) is 4.68 Å². The van der Waals surface area contributed by atoms with Gasteiger partial charge in [0.25, 0.3) is 0 Å². The number of nitrogens with zero attached hydrogens (tertiary/aromatic N) is 3. The van der Waals surface area contributed by atoms with Gasteiger partial charge >= 0.3 is 0 Å². The highest BCUT2D eigenvalue weighted by Gasteiger charge is 2.10. The Morgan fingerprint density at radius 3 is 2.93 bits per heavy atom. The predicted octanol–water partition coefficient (Wildman–Crippen LogP) is 1.70. The summed E-state index contributed by atoms with van der Waals surface area (Å²) in [7, 11) is 1.87. The van der Waals surface area contributed by atoms with Crippen molar-refractivity contribution in [1.29, 1.82) is 0 Å². The minimum absolute atomic E-state index is 0.564. The molecule has 0 fully saturated rings. The molecule has 0 aliphatic rings. The zero-order chi connectivity index (χ0) is 10.8. The summed E-state index contributed by atoms with van der Waals surface area (Å²) in [5, 5.41) is 4.28. The van der Waals surface area contributed by atoms with Crippen molar-refractivity contribution in [2.75, 3.05) is 6.54 Å². The van der Waals surface area contributed by atoms with Crippen molar-refractivity contribution in [2.24, 2.45) is 12.8 Å². The van der Waals surface area contributed by atoms with E-state index >= 15 is 0 Å². The van der Waals surface area contributed by atoms with Gasteiger partial charge in [0.1, 0.15) is 0 Å². The van der Waals surface area contributed by atoms with Gasteiger partial charge in [-0.3, -0.25) is 0 Å². The third kappa shape index (κ3) is 2.19. The number of hydrogen-bond donors (Lipinski definition) is 1. The molecule has 2 heterocycles. The molecule has 0 spiro atoms. The molecule has 80 valence electrons.